The fourth-order valence-electron chi connectivity index (χ4n) is 2.09. The van der Waals surface area contributed by atoms with Crippen LogP contribution in [0, 0.1) is 11.6 Å². The van der Waals surface area contributed by atoms with E-state index in [1.165, 1.54) is 6.07 Å². The zero-order valence-corrected chi connectivity index (χ0v) is 12.6. The van der Waals surface area contributed by atoms with E-state index in [1.807, 2.05) is 13.8 Å². The number of rotatable bonds is 7. The van der Waals surface area contributed by atoms with E-state index < -0.39 is 17.7 Å². The summed E-state index contributed by atoms with van der Waals surface area (Å²) in [6.07, 6.45) is -0.977. The van der Waals surface area contributed by atoms with Crippen molar-refractivity contribution in [2.75, 3.05) is 33.2 Å². The van der Waals surface area contributed by atoms with Crippen molar-refractivity contribution in [1.29, 1.82) is 0 Å². The molecule has 1 aromatic carbocycles. The Morgan fingerprint density at radius 2 is 1.86 bits per heavy atom. The molecule has 21 heavy (non-hydrogen) atoms. The van der Waals surface area contributed by atoms with Crippen molar-refractivity contribution < 1.29 is 18.7 Å². The number of carbonyl (C=O) groups is 1. The van der Waals surface area contributed by atoms with E-state index in [0.717, 1.165) is 12.1 Å². The monoisotopic (exact) mass is 300 g/mol. The molecular formula is C15H22F2N2O2. The van der Waals surface area contributed by atoms with Crippen LogP contribution in [0.25, 0.3) is 0 Å². The van der Waals surface area contributed by atoms with Gasteiger partial charge in [-0.05, 0) is 38.6 Å². The maximum absolute atomic E-state index is 13.1. The maximum atomic E-state index is 13.1. The molecule has 1 atom stereocenters. The molecule has 4 nitrogen and oxygen atoms in total. The van der Waals surface area contributed by atoms with Crippen molar-refractivity contribution in [3.63, 3.8) is 0 Å². The minimum atomic E-state index is -0.992. The largest absolute Gasteiger partial charge is 0.387 e. The SMILES string of the molecule is CCN(CC)C(=O)CN(C)CC(O)c1ccc(F)c(F)c1. The quantitative estimate of drug-likeness (QED) is 0.835. The number of nitrogens with zero attached hydrogens (tertiary/aromatic N) is 2. The third kappa shape index (κ3) is 5.06. The van der Waals surface area contributed by atoms with Crippen molar-refractivity contribution in [2.24, 2.45) is 0 Å². The third-order valence-corrected chi connectivity index (χ3v) is 3.33. The van der Waals surface area contributed by atoms with Gasteiger partial charge in [-0.15, -0.1) is 0 Å². The Bertz CT molecular complexity index is 479. The van der Waals surface area contributed by atoms with Crippen molar-refractivity contribution in [3.05, 3.63) is 35.4 Å². The summed E-state index contributed by atoms with van der Waals surface area (Å²) in [7, 11) is 1.70. The van der Waals surface area contributed by atoms with Gasteiger partial charge in [-0.1, -0.05) is 6.07 Å². The molecular weight excluding hydrogens is 278 g/mol. The molecule has 0 aliphatic rings. The lowest BCUT2D eigenvalue weighted by molar-refractivity contribution is -0.132. The molecule has 0 aliphatic heterocycles. The zero-order chi connectivity index (χ0) is 16.0. The minimum absolute atomic E-state index is 0.0278. The summed E-state index contributed by atoms with van der Waals surface area (Å²) in [6.45, 7) is 5.40. The molecule has 1 N–H and O–H groups in total. The van der Waals surface area contributed by atoms with Gasteiger partial charge in [0.2, 0.25) is 5.91 Å². The standard InChI is InChI=1S/C15H22F2N2O2/c1-4-19(5-2)15(21)10-18(3)9-14(20)11-6-7-12(16)13(17)8-11/h6-8,14,20H,4-5,9-10H2,1-3H3. The Kier molecular flexibility index (Phi) is 6.71. The van der Waals surface area contributed by atoms with Gasteiger partial charge >= 0.3 is 0 Å². The summed E-state index contributed by atoms with van der Waals surface area (Å²) in [5.74, 6) is -1.97. The van der Waals surface area contributed by atoms with Crippen LogP contribution in [-0.2, 0) is 4.79 Å². The van der Waals surface area contributed by atoms with Gasteiger partial charge < -0.3 is 10.0 Å². The van der Waals surface area contributed by atoms with Gasteiger partial charge in [-0.25, -0.2) is 8.78 Å². The highest BCUT2D eigenvalue weighted by atomic mass is 19.2. The van der Waals surface area contributed by atoms with Crippen LogP contribution in [0.4, 0.5) is 8.78 Å². The molecule has 0 saturated carbocycles. The number of hydrogen-bond donors (Lipinski definition) is 1. The van der Waals surface area contributed by atoms with Crippen LogP contribution in [-0.4, -0.2) is 54.0 Å². The number of amides is 1. The maximum Gasteiger partial charge on any atom is 0.236 e. The molecule has 1 rings (SSSR count). The number of halogens is 2. The van der Waals surface area contributed by atoms with Crippen molar-refractivity contribution >= 4 is 5.91 Å². The first-order valence-electron chi connectivity index (χ1n) is 6.98. The van der Waals surface area contributed by atoms with Gasteiger partial charge in [-0.3, -0.25) is 9.69 Å². The second-order valence-corrected chi connectivity index (χ2v) is 4.95. The highest BCUT2D eigenvalue weighted by Gasteiger charge is 2.17. The number of carbonyl (C=O) groups excluding carboxylic acids is 1. The van der Waals surface area contributed by atoms with Gasteiger partial charge in [0.25, 0.3) is 0 Å². The number of hydrogen-bond acceptors (Lipinski definition) is 3. The van der Waals surface area contributed by atoms with Crippen LogP contribution in [0.5, 0.6) is 0 Å². The van der Waals surface area contributed by atoms with Crippen LogP contribution in [0.2, 0.25) is 0 Å². The van der Waals surface area contributed by atoms with E-state index in [-0.39, 0.29) is 24.6 Å². The topological polar surface area (TPSA) is 43.8 Å². The van der Waals surface area contributed by atoms with Crippen LogP contribution in [0.15, 0.2) is 18.2 Å². The van der Waals surface area contributed by atoms with Gasteiger partial charge in [-0.2, -0.15) is 0 Å². The summed E-state index contributed by atoms with van der Waals surface area (Å²) in [4.78, 5) is 15.3. The molecule has 0 spiro atoms. The fraction of sp³-hybridized carbons (Fsp3) is 0.533. The molecule has 0 fully saturated rings. The van der Waals surface area contributed by atoms with E-state index in [2.05, 4.69) is 0 Å². The number of aliphatic hydroxyl groups is 1. The van der Waals surface area contributed by atoms with Gasteiger partial charge in [0.05, 0.1) is 12.6 Å². The van der Waals surface area contributed by atoms with E-state index >= 15 is 0 Å². The van der Waals surface area contributed by atoms with Crippen LogP contribution >= 0.6 is 0 Å². The molecule has 0 aliphatic carbocycles. The molecule has 1 amide bonds. The Morgan fingerprint density at radius 1 is 1.24 bits per heavy atom. The Balaban J connectivity index is 2.59. The lowest BCUT2D eigenvalue weighted by Gasteiger charge is -2.24. The van der Waals surface area contributed by atoms with E-state index in [0.29, 0.717) is 13.1 Å². The Morgan fingerprint density at radius 3 is 2.38 bits per heavy atom. The number of benzene rings is 1. The van der Waals surface area contributed by atoms with E-state index in [4.69, 9.17) is 0 Å². The fourth-order valence-corrected chi connectivity index (χ4v) is 2.09. The molecule has 118 valence electrons. The summed E-state index contributed by atoms with van der Waals surface area (Å²) in [5.41, 5.74) is 0.288. The molecule has 0 aromatic heterocycles. The first-order valence-corrected chi connectivity index (χ1v) is 6.98. The first-order chi connectivity index (χ1) is 9.88. The van der Waals surface area contributed by atoms with Crippen molar-refractivity contribution in [2.45, 2.75) is 20.0 Å². The number of aliphatic hydroxyl groups excluding tert-OH is 1. The summed E-state index contributed by atoms with van der Waals surface area (Å²) < 4.78 is 26.0. The van der Waals surface area contributed by atoms with Gasteiger partial charge in [0.15, 0.2) is 11.6 Å². The van der Waals surface area contributed by atoms with E-state index in [1.54, 1.807) is 16.8 Å². The van der Waals surface area contributed by atoms with Crippen LogP contribution < -0.4 is 0 Å². The predicted molar refractivity (Wildman–Crippen MR) is 76.7 cm³/mol. The molecule has 0 radical (unpaired) electrons. The summed E-state index contributed by atoms with van der Waals surface area (Å²) in [5, 5.41) is 10.0. The molecule has 1 unspecified atom stereocenters. The Labute approximate surface area is 124 Å². The number of likely N-dealkylation sites (N-methyl/N-ethyl adjacent to an activating group) is 2. The Hall–Kier alpha value is -1.53. The van der Waals surface area contributed by atoms with Crippen molar-refractivity contribution in [3.8, 4) is 0 Å². The zero-order valence-electron chi connectivity index (χ0n) is 12.6. The third-order valence-electron chi connectivity index (χ3n) is 3.33. The smallest absolute Gasteiger partial charge is 0.236 e. The lowest BCUT2D eigenvalue weighted by atomic mass is 10.1. The second-order valence-electron chi connectivity index (χ2n) is 4.95. The van der Waals surface area contributed by atoms with Crippen LogP contribution in [0.3, 0.4) is 0 Å². The predicted octanol–water partition coefficient (Wildman–Crippen LogP) is 1.80. The molecule has 0 heterocycles. The minimum Gasteiger partial charge on any atom is -0.387 e. The normalized spacial score (nSPS) is 12.5. The molecule has 6 heteroatoms. The highest BCUT2D eigenvalue weighted by Crippen LogP contribution is 2.17. The van der Waals surface area contributed by atoms with Crippen LogP contribution in [0.1, 0.15) is 25.5 Å². The summed E-state index contributed by atoms with van der Waals surface area (Å²) in [6, 6.07) is 3.29. The van der Waals surface area contributed by atoms with Gasteiger partial charge in [0.1, 0.15) is 0 Å². The van der Waals surface area contributed by atoms with E-state index in [9.17, 15) is 18.7 Å². The lowest BCUT2D eigenvalue weighted by Crippen LogP contribution is -2.40. The highest BCUT2D eigenvalue weighted by molar-refractivity contribution is 5.78. The summed E-state index contributed by atoms with van der Waals surface area (Å²) >= 11 is 0. The average Bonchev–Trinajstić information content (AvgIpc) is 2.42. The second kappa shape index (κ2) is 8.05. The first kappa shape index (κ1) is 17.5. The van der Waals surface area contributed by atoms with Gasteiger partial charge in [0, 0.05) is 19.6 Å². The average molecular weight is 300 g/mol. The van der Waals surface area contributed by atoms with Crippen molar-refractivity contribution in [1.82, 2.24) is 9.80 Å². The molecule has 0 saturated heterocycles. The molecule has 0 bridgehead atoms. The molecule has 1 aromatic rings.